The summed E-state index contributed by atoms with van der Waals surface area (Å²) < 4.78 is 27.5. The Morgan fingerprint density at radius 1 is 1.40 bits per heavy atom. The molecule has 2 aromatic rings. The van der Waals surface area contributed by atoms with Gasteiger partial charge in [0.2, 0.25) is 0 Å². The molecule has 0 radical (unpaired) electrons. The van der Waals surface area contributed by atoms with Crippen LogP contribution in [-0.2, 0) is 10.0 Å². The minimum Gasteiger partial charge on any atom is -0.398 e. The van der Waals surface area contributed by atoms with Gasteiger partial charge < -0.3 is 5.73 Å². The van der Waals surface area contributed by atoms with Crippen molar-refractivity contribution in [1.82, 2.24) is 4.98 Å². The van der Waals surface area contributed by atoms with Crippen molar-refractivity contribution in [1.29, 1.82) is 0 Å². The van der Waals surface area contributed by atoms with Gasteiger partial charge in [-0.2, -0.15) is 0 Å². The molecule has 0 aliphatic heterocycles. The highest BCUT2D eigenvalue weighted by Crippen LogP contribution is 2.26. The number of sulfonamides is 1. The molecule has 0 bridgehead atoms. The van der Waals surface area contributed by atoms with Crippen molar-refractivity contribution in [2.75, 3.05) is 10.5 Å². The standard InChI is InChI=1S/C12H14BrN3O2S2/c1-7(2)11-6-19-12(15-11)16-20(17,18)8-3-4-10(14)9(13)5-8/h3-7H,14H2,1-2H3,(H,15,16). The highest BCUT2D eigenvalue weighted by atomic mass is 79.9. The summed E-state index contributed by atoms with van der Waals surface area (Å²) in [5.74, 6) is 0.259. The van der Waals surface area contributed by atoms with Crippen LogP contribution in [0.4, 0.5) is 10.8 Å². The zero-order valence-corrected chi connectivity index (χ0v) is 14.1. The van der Waals surface area contributed by atoms with Gasteiger partial charge in [-0.15, -0.1) is 11.3 Å². The van der Waals surface area contributed by atoms with E-state index in [0.717, 1.165) is 5.69 Å². The maximum Gasteiger partial charge on any atom is 0.263 e. The minimum absolute atomic E-state index is 0.139. The number of rotatable bonds is 4. The summed E-state index contributed by atoms with van der Waals surface area (Å²) in [7, 11) is -3.65. The number of aromatic nitrogens is 1. The summed E-state index contributed by atoms with van der Waals surface area (Å²) in [6, 6.07) is 4.47. The molecule has 0 amide bonds. The zero-order valence-electron chi connectivity index (χ0n) is 10.9. The third kappa shape index (κ3) is 3.31. The van der Waals surface area contributed by atoms with Crippen LogP contribution >= 0.6 is 27.3 Å². The van der Waals surface area contributed by atoms with Gasteiger partial charge in [-0.25, -0.2) is 13.4 Å². The van der Waals surface area contributed by atoms with Gasteiger partial charge >= 0.3 is 0 Å². The Labute approximate surface area is 130 Å². The number of benzene rings is 1. The first kappa shape index (κ1) is 15.3. The second kappa shape index (κ2) is 5.71. The zero-order chi connectivity index (χ0) is 14.9. The number of nitrogen functional groups attached to an aromatic ring is 1. The molecule has 1 heterocycles. The fourth-order valence-corrected chi connectivity index (χ4v) is 4.13. The molecule has 0 saturated heterocycles. The molecule has 2 rings (SSSR count). The van der Waals surface area contributed by atoms with E-state index in [4.69, 9.17) is 5.73 Å². The normalized spacial score (nSPS) is 11.8. The summed E-state index contributed by atoms with van der Waals surface area (Å²) in [6.45, 7) is 4.01. The van der Waals surface area contributed by atoms with E-state index >= 15 is 0 Å². The molecular formula is C12H14BrN3O2S2. The lowest BCUT2D eigenvalue weighted by molar-refractivity contribution is 0.601. The fraction of sp³-hybridized carbons (Fsp3) is 0.250. The Morgan fingerprint density at radius 2 is 2.10 bits per heavy atom. The third-order valence-electron chi connectivity index (χ3n) is 2.62. The first-order chi connectivity index (χ1) is 9.29. The molecular weight excluding hydrogens is 362 g/mol. The molecule has 0 aliphatic rings. The molecule has 0 fully saturated rings. The number of nitrogens with two attached hydrogens (primary N) is 1. The summed E-state index contributed by atoms with van der Waals surface area (Å²) in [4.78, 5) is 4.39. The second-order valence-corrected chi connectivity index (χ2v) is 7.92. The average Bonchev–Trinajstić information content (AvgIpc) is 2.80. The molecule has 0 atom stereocenters. The Bertz CT molecular complexity index is 726. The topological polar surface area (TPSA) is 85.1 Å². The Kier molecular flexibility index (Phi) is 4.36. The van der Waals surface area contributed by atoms with Crippen molar-refractivity contribution in [3.05, 3.63) is 33.7 Å². The Hall–Kier alpha value is -1.12. The van der Waals surface area contributed by atoms with Crippen LogP contribution in [0.5, 0.6) is 0 Å². The Balaban J connectivity index is 2.28. The van der Waals surface area contributed by atoms with Crippen LogP contribution in [0.3, 0.4) is 0 Å². The monoisotopic (exact) mass is 375 g/mol. The van der Waals surface area contributed by atoms with Gasteiger partial charge in [0.1, 0.15) is 0 Å². The second-order valence-electron chi connectivity index (χ2n) is 4.52. The van der Waals surface area contributed by atoms with Crippen LogP contribution in [0.2, 0.25) is 0 Å². The van der Waals surface area contributed by atoms with E-state index in [2.05, 4.69) is 25.6 Å². The summed E-state index contributed by atoms with van der Waals surface area (Å²) in [5.41, 5.74) is 7.00. The van der Waals surface area contributed by atoms with Crippen molar-refractivity contribution >= 4 is 48.1 Å². The van der Waals surface area contributed by atoms with Crippen molar-refractivity contribution in [3.8, 4) is 0 Å². The third-order valence-corrected chi connectivity index (χ3v) is 5.55. The molecule has 108 valence electrons. The number of halogens is 1. The van der Waals surface area contributed by atoms with Crippen molar-refractivity contribution in [2.24, 2.45) is 0 Å². The largest absolute Gasteiger partial charge is 0.398 e. The molecule has 0 unspecified atom stereocenters. The first-order valence-electron chi connectivity index (χ1n) is 5.83. The van der Waals surface area contributed by atoms with Crippen LogP contribution in [-0.4, -0.2) is 13.4 Å². The van der Waals surface area contributed by atoms with Gasteiger partial charge in [0.15, 0.2) is 5.13 Å². The number of hydrogen-bond donors (Lipinski definition) is 2. The van der Waals surface area contributed by atoms with Gasteiger partial charge in [0.25, 0.3) is 10.0 Å². The van der Waals surface area contributed by atoms with E-state index in [1.54, 1.807) is 6.07 Å². The van der Waals surface area contributed by atoms with E-state index in [1.807, 2.05) is 19.2 Å². The lowest BCUT2D eigenvalue weighted by Crippen LogP contribution is -2.13. The van der Waals surface area contributed by atoms with E-state index in [9.17, 15) is 8.42 Å². The van der Waals surface area contributed by atoms with Crippen molar-refractivity contribution in [2.45, 2.75) is 24.7 Å². The van der Waals surface area contributed by atoms with Gasteiger partial charge in [-0.3, -0.25) is 4.72 Å². The molecule has 0 aliphatic carbocycles. The molecule has 3 N–H and O–H groups in total. The molecule has 1 aromatic carbocycles. The molecule has 5 nitrogen and oxygen atoms in total. The molecule has 0 saturated carbocycles. The fourth-order valence-electron chi connectivity index (χ4n) is 1.45. The first-order valence-corrected chi connectivity index (χ1v) is 8.98. The van der Waals surface area contributed by atoms with Crippen molar-refractivity contribution in [3.63, 3.8) is 0 Å². The number of nitrogens with zero attached hydrogens (tertiary/aromatic N) is 1. The van der Waals surface area contributed by atoms with Crippen LogP contribution in [0, 0.1) is 0 Å². The van der Waals surface area contributed by atoms with Crippen LogP contribution in [0.15, 0.2) is 32.9 Å². The lowest BCUT2D eigenvalue weighted by atomic mass is 10.2. The van der Waals surface area contributed by atoms with Gasteiger partial charge in [0.05, 0.1) is 10.6 Å². The van der Waals surface area contributed by atoms with Gasteiger partial charge in [-0.1, -0.05) is 13.8 Å². The summed E-state index contributed by atoms with van der Waals surface area (Å²) in [5, 5.41) is 2.21. The smallest absolute Gasteiger partial charge is 0.263 e. The predicted octanol–water partition coefficient (Wildman–Crippen LogP) is 3.41. The predicted molar refractivity (Wildman–Crippen MR) is 85.6 cm³/mol. The highest BCUT2D eigenvalue weighted by molar-refractivity contribution is 9.10. The average molecular weight is 376 g/mol. The molecule has 20 heavy (non-hydrogen) atoms. The number of thiazole rings is 1. The van der Waals surface area contributed by atoms with E-state index in [-0.39, 0.29) is 10.8 Å². The molecule has 8 heteroatoms. The lowest BCUT2D eigenvalue weighted by Gasteiger charge is -2.07. The number of nitrogens with one attached hydrogen (secondary N) is 1. The SMILES string of the molecule is CC(C)c1csc(NS(=O)(=O)c2ccc(N)c(Br)c2)n1. The maximum absolute atomic E-state index is 12.2. The van der Waals surface area contributed by atoms with Gasteiger partial charge in [0, 0.05) is 15.5 Å². The minimum atomic E-state index is -3.65. The highest BCUT2D eigenvalue weighted by Gasteiger charge is 2.17. The van der Waals surface area contributed by atoms with Crippen LogP contribution in [0.25, 0.3) is 0 Å². The number of hydrogen-bond acceptors (Lipinski definition) is 5. The molecule has 0 spiro atoms. The van der Waals surface area contributed by atoms with Crippen molar-refractivity contribution < 1.29 is 8.42 Å². The van der Waals surface area contributed by atoms with E-state index < -0.39 is 10.0 Å². The molecule has 1 aromatic heterocycles. The van der Waals surface area contributed by atoms with Crippen LogP contribution < -0.4 is 10.5 Å². The maximum atomic E-state index is 12.2. The van der Waals surface area contributed by atoms with Gasteiger partial charge in [-0.05, 0) is 40.0 Å². The van der Waals surface area contributed by atoms with E-state index in [1.165, 1.54) is 23.5 Å². The number of anilines is 2. The summed E-state index contributed by atoms with van der Waals surface area (Å²) in [6.07, 6.45) is 0. The summed E-state index contributed by atoms with van der Waals surface area (Å²) >= 11 is 4.49. The quantitative estimate of drug-likeness (QED) is 0.801. The van der Waals surface area contributed by atoms with E-state index in [0.29, 0.717) is 15.3 Å². The Morgan fingerprint density at radius 3 is 2.65 bits per heavy atom. The van der Waals surface area contributed by atoms with Crippen LogP contribution in [0.1, 0.15) is 25.5 Å².